The fourth-order valence-electron chi connectivity index (χ4n) is 3.62. The van der Waals surface area contributed by atoms with Gasteiger partial charge in [0.1, 0.15) is 17.8 Å². The highest BCUT2D eigenvalue weighted by Gasteiger charge is 2.46. The molecule has 4 aromatic heterocycles. The van der Waals surface area contributed by atoms with Crippen LogP contribution in [-0.4, -0.2) is 63.8 Å². The number of aliphatic hydroxyl groups is 1. The molecule has 0 bridgehead atoms. The van der Waals surface area contributed by atoms with Gasteiger partial charge in [-0.3, -0.25) is 14.0 Å². The molecule has 0 radical (unpaired) electrons. The van der Waals surface area contributed by atoms with Crippen molar-refractivity contribution >= 4 is 17.7 Å². The normalized spacial score (nSPS) is 18.3. The van der Waals surface area contributed by atoms with E-state index in [9.17, 15) is 9.90 Å². The van der Waals surface area contributed by atoms with Gasteiger partial charge in [-0.15, -0.1) is 0 Å². The number of carbonyl (C=O) groups excluding carboxylic acids is 1. The van der Waals surface area contributed by atoms with Crippen molar-refractivity contribution in [3.8, 4) is 17.2 Å². The van der Waals surface area contributed by atoms with Crippen molar-refractivity contribution in [2.75, 3.05) is 18.9 Å². The number of likely N-dealkylation sites (N-methyl/N-ethyl adjacent to an activating group) is 1. The van der Waals surface area contributed by atoms with Crippen LogP contribution in [0.25, 0.3) is 17.2 Å². The molecule has 2 N–H and O–H groups in total. The van der Waals surface area contributed by atoms with Crippen LogP contribution in [0.2, 0.25) is 0 Å². The second kappa shape index (κ2) is 7.54. The Morgan fingerprint density at radius 3 is 2.69 bits per heavy atom. The van der Waals surface area contributed by atoms with Gasteiger partial charge in [-0.25, -0.2) is 19.9 Å². The Kier molecular flexibility index (Phi) is 4.67. The number of amides is 1. The minimum absolute atomic E-state index is 0.305. The number of aryl methyl sites for hydroxylation is 1. The number of aromatic nitrogens is 7. The number of imidazole rings is 1. The van der Waals surface area contributed by atoms with E-state index < -0.39 is 5.60 Å². The summed E-state index contributed by atoms with van der Waals surface area (Å²) in [6, 6.07) is 9.11. The van der Waals surface area contributed by atoms with Gasteiger partial charge in [-0.1, -0.05) is 6.07 Å². The fraction of sp³-hybridized carbons (Fsp3) is 0.238. The van der Waals surface area contributed by atoms with Gasteiger partial charge in [0.05, 0.1) is 11.4 Å². The van der Waals surface area contributed by atoms with E-state index in [1.165, 1.54) is 4.90 Å². The Balaban J connectivity index is 1.42. The van der Waals surface area contributed by atoms with Crippen LogP contribution < -0.4 is 5.32 Å². The Hall–Kier alpha value is -4.12. The van der Waals surface area contributed by atoms with Gasteiger partial charge < -0.3 is 15.3 Å². The molecule has 1 saturated heterocycles. The Labute approximate surface area is 183 Å². The van der Waals surface area contributed by atoms with Crippen molar-refractivity contribution in [3.05, 3.63) is 60.9 Å². The second-order valence-electron chi connectivity index (χ2n) is 7.65. The highest BCUT2D eigenvalue weighted by atomic mass is 16.3. The summed E-state index contributed by atoms with van der Waals surface area (Å²) in [7, 11) is 3.50. The van der Waals surface area contributed by atoms with E-state index in [0.717, 1.165) is 0 Å². The molecule has 0 aromatic carbocycles. The Bertz CT molecular complexity index is 1300. The summed E-state index contributed by atoms with van der Waals surface area (Å²) in [6.45, 7) is 0.485. The first-order valence-electron chi connectivity index (χ1n) is 10.0. The number of hydrogen-bond donors (Lipinski definition) is 2. The van der Waals surface area contributed by atoms with Crippen molar-refractivity contribution in [3.63, 3.8) is 0 Å². The molecule has 4 aromatic rings. The van der Waals surface area contributed by atoms with E-state index >= 15 is 0 Å². The van der Waals surface area contributed by atoms with Gasteiger partial charge in [0.25, 0.3) is 5.91 Å². The molecule has 11 nitrogen and oxygen atoms in total. The van der Waals surface area contributed by atoms with Crippen molar-refractivity contribution in [1.29, 1.82) is 0 Å². The van der Waals surface area contributed by atoms with Gasteiger partial charge in [-0.2, -0.15) is 5.10 Å². The Morgan fingerprint density at radius 2 is 1.94 bits per heavy atom. The van der Waals surface area contributed by atoms with Crippen LogP contribution in [0.4, 0.5) is 11.8 Å². The van der Waals surface area contributed by atoms with Crippen LogP contribution >= 0.6 is 0 Å². The average Bonchev–Trinajstić information content (AvgIpc) is 3.52. The highest BCUT2D eigenvalue weighted by molar-refractivity contribution is 5.87. The molecule has 162 valence electrons. The standard InChI is InChI=1S/C21H21N9O2/c1-28-11-8-21(32,19(28)31)16-12-30(13-23-16)18-5-3-4-14(24-18)15-6-9-22-20(25-15)26-17-7-10-29(2)27-17/h3-7,9-10,12-13,32H,8,11H2,1-2H3,(H,22,25,26,27). The van der Waals surface area contributed by atoms with Gasteiger partial charge in [-0.05, 0) is 18.2 Å². The summed E-state index contributed by atoms with van der Waals surface area (Å²) in [5.41, 5.74) is -0.0227. The maximum atomic E-state index is 12.4. The molecule has 1 unspecified atom stereocenters. The van der Waals surface area contributed by atoms with Gasteiger partial charge in [0.2, 0.25) is 5.95 Å². The number of hydrogen-bond acceptors (Lipinski definition) is 8. The molecule has 0 saturated carbocycles. The summed E-state index contributed by atoms with van der Waals surface area (Å²) in [5.74, 6) is 1.28. The zero-order chi connectivity index (χ0) is 22.3. The highest BCUT2D eigenvalue weighted by Crippen LogP contribution is 2.31. The van der Waals surface area contributed by atoms with E-state index in [-0.39, 0.29) is 5.91 Å². The molecule has 5 rings (SSSR count). The lowest BCUT2D eigenvalue weighted by atomic mass is 9.99. The summed E-state index contributed by atoms with van der Waals surface area (Å²) in [4.78, 5) is 31.6. The van der Waals surface area contributed by atoms with E-state index in [1.807, 2.05) is 37.5 Å². The molecule has 11 heteroatoms. The van der Waals surface area contributed by atoms with E-state index in [4.69, 9.17) is 0 Å². The van der Waals surface area contributed by atoms with Gasteiger partial charge >= 0.3 is 0 Å². The zero-order valence-corrected chi connectivity index (χ0v) is 17.5. The minimum Gasteiger partial charge on any atom is -0.374 e. The van der Waals surface area contributed by atoms with Crippen molar-refractivity contribution < 1.29 is 9.90 Å². The van der Waals surface area contributed by atoms with E-state index in [0.29, 0.717) is 47.6 Å². The molecular weight excluding hydrogens is 410 g/mol. The molecule has 32 heavy (non-hydrogen) atoms. The quantitative estimate of drug-likeness (QED) is 0.483. The van der Waals surface area contributed by atoms with Crippen LogP contribution in [0.1, 0.15) is 12.1 Å². The number of anilines is 2. The number of likely N-dealkylation sites (tertiary alicyclic amines) is 1. The van der Waals surface area contributed by atoms with E-state index in [2.05, 4.69) is 30.4 Å². The smallest absolute Gasteiger partial charge is 0.260 e. The molecule has 0 aliphatic carbocycles. The fourth-order valence-corrected chi connectivity index (χ4v) is 3.62. The first-order valence-corrected chi connectivity index (χ1v) is 10.0. The molecule has 1 aliphatic rings. The largest absolute Gasteiger partial charge is 0.374 e. The summed E-state index contributed by atoms with van der Waals surface area (Å²) in [6.07, 6.45) is 6.95. The van der Waals surface area contributed by atoms with Crippen molar-refractivity contribution in [1.82, 2.24) is 39.2 Å². The molecule has 0 spiro atoms. The lowest BCUT2D eigenvalue weighted by Crippen LogP contribution is -2.36. The molecule has 1 atom stereocenters. The number of carbonyl (C=O) groups is 1. The summed E-state index contributed by atoms with van der Waals surface area (Å²) < 4.78 is 3.36. The number of rotatable bonds is 5. The maximum Gasteiger partial charge on any atom is 0.260 e. The van der Waals surface area contributed by atoms with Crippen LogP contribution in [0, 0.1) is 0 Å². The lowest BCUT2D eigenvalue weighted by molar-refractivity contribution is -0.143. The molecular formula is C21H21N9O2. The SMILES string of the molecule is CN1CCC(O)(c2cn(-c3cccc(-c4ccnc(Nc5ccn(C)n5)n4)n3)cn2)C1=O. The molecule has 5 heterocycles. The number of pyridine rings is 1. The van der Waals surface area contributed by atoms with Crippen LogP contribution in [0.3, 0.4) is 0 Å². The van der Waals surface area contributed by atoms with Crippen LogP contribution in [0.15, 0.2) is 55.2 Å². The first-order chi connectivity index (χ1) is 15.4. The molecule has 1 aliphatic heterocycles. The predicted octanol–water partition coefficient (Wildman–Crippen LogP) is 1.25. The van der Waals surface area contributed by atoms with Crippen LogP contribution in [-0.2, 0) is 17.4 Å². The topological polar surface area (TPSA) is 127 Å². The Morgan fingerprint density at radius 1 is 1.09 bits per heavy atom. The van der Waals surface area contributed by atoms with E-state index in [1.54, 1.807) is 41.1 Å². The molecule has 1 fully saturated rings. The third-order valence-electron chi connectivity index (χ3n) is 5.39. The number of nitrogens with zero attached hydrogens (tertiary/aromatic N) is 8. The van der Waals surface area contributed by atoms with Gasteiger partial charge in [0, 0.05) is 51.7 Å². The summed E-state index contributed by atoms with van der Waals surface area (Å²) in [5, 5.41) is 18.2. The molecule has 1 amide bonds. The zero-order valence-electron chi connectivity index (χ0n) is 17.5. The van der Waals surface area contributed by atoms with Crippen molar-refractivity contribution in [2.45, 2.75) is 12.0 Å². The lowest BCUT2D eigenvalue weighted by Gasteiger charge is -2.17. The second-order valence-corrected chi connectivity index (χ2v) is 7.65. The third kappa shape index (κ3) is 3.48. The average molecular weight is 431 g/mol. The summed E-state index contributed by atoms with van der Waals surface area (Å²) >= 11 is 0. The third-order valence-corrected chi connectivity index (χ3v) is 5.39. The monoisotopic (exact) mass is 431 g/mol. The van der Waals surface area contributed by atoms with Gasteiger partial charge in [0.15, 0.2) is 11.4 Å². The van der Waals surface area contributed by atoms with Crippen LogP contribution in [0.5, 0.6) is 0 Å². The number of nitrogens with one attached hydrogen (secondary N) is 1. The maximum absolute atomic E-state index is 12.4. The predicted molar refractivity (Wildman–Crippen MR) is 115 cm³/mol. The first kappa shape index (κ1) is 19.8. The minimum atomic E-state index is -1.60. The van der Waals surface area contributed by atoms with Crippen molar-refractivity contribution in [2.24, 2.45) is 7.05 Å².